The van der Waals surface area contributed by atoms with Gasteiger partial charge in [0.15, 0.2) is 0 Å². The van der Waals surface area contributed by atoms with E-state index in [2.05, 4.69) is 11.1 Å². The van der Waals surface area contributed by atoms with E-state index < -0.39 is 0 Å². The van der Waals surface area contributed by atoms with Gasteiger partial charge in [0.1, 0.15) is 6.61 Å². The van der Waals surface area contributed by atoms with Crippen LogP contribution in [0.1, 0.15) is 65.2 Å². The van der Waals surface area contributed by atoms with Crippen molar-refractivity contribution in [1.82, 2.24) is 4.98 Å². The highest BCUT2D eigenvalue weighted by Crippen LogP contribution is 2.37. The number of ether oxygens (including phenoxy) is 2. The lowest BCUT2D eigenvalue weighted by atomic mass is 9.95. The van der Waals surface area contributed by atoms with Gasteiger partial charge in [-0.05, 0) is 80.3 Å². The number of hydrogen-bond donors (Lipinski definition) is 0. The summed E-state index contributed by atoms with van der Waals surface area (Å²) in [6.07, 6.45) is 6.54. The number of rotatable bonds is 9. The molecule has 1 aromatic heterocycles. The van der Waals surface area contributed by atoms with Crippen LogP contribution >= 0.6 is 11.6 Å². The van der Waals surface area contributed by atoms with Gasteiger partial charge < -0.3 is 9.47 Å². The molecule has 0 fully saturated rings. The molecule has 1 aliphatic carbocycles. The monoisotopic (exact) mass is 475 g/mol. The van der Waals surface area contributed by atoms with Crippen molar-refractivity contribution >= 4 is 23.1 Å². The van der Waals surface area contributed by atoms with Crippen molar-refractivity contribution in [2.24, 2.45) is 0 Å². The maximum absolute atomic E-state index is 12.4. The van der Waals surface area contributed by atoms with E-state index in [1.54, 1.807) is 6.20 Å². The van der Waals surface area contributed by atoms with Gasteiger partial charge in [-0.1, -0.05) is 59.6 Å². The van der Waals surface area contributed by atoms with E-state index in [0.29, 0.717) is 29.7 Å². The molecule has 3 aromatic rings. The summed E-state index contributed by atoms with van der Waals surface area (Å²) >= 11 is 6.27. The molecule has 0 saturated carbocycles. The third-order valence-corrected chi connectivity index (χ3v) is 6.43. The summed E-state index contributed by atoms with van der Waals surface area (Å²) < 4.78 is 11.3. The van der Waals surface area contributed by atoms with Gasteiger partial charge in [0, 0.05) is 11.8 Å². The van der Waals surface area contributed by atoms with Crippen molar-refractivity contribution in [3.05, 3.63) is 99.2 Å². The number of hydrogen-bond acceptors (Lipinski definition) is 4. The average molecular weight is 476 g/mol. The molecule has 1 aliphatic rings. The van der Waals surface area contributed by atoms with Crippen LogP contribution in [0.4, 0.5) is 0 Å². The Hall–Kier alpha value is -3.11. The van der Waals surface area contributed by atoms with Crippen LogP contribution in [0.15, 0.2) is 66.4 Å². The van der Waals surface area contributed by atoms with Gasteiger partial charge in [0.05, 0.1) is 17.2 Å². The number of carbonyl (C=O) groups excluding carboxylic acids is 1. The number of nitrogens with zero attached hydrogens (tertiary/aromatic N) is 1. The summed E-state index contributed by atoms with van der Waals surface area (Å²) in [6, 6.07) is 18.1. The number of aromatic nitrogens is 1. The average Bonchev–Trinajstić information content (AvgIpc) is 3.32. The van der Waals surface area contributed by atoms with E-state index in [4.69, 9.17) is 21.1 Å². The molecule has 4 rings (SSSR count). The van der Waals surface area contributed by atoms with Crippen LogP contribution in [0.3, 0.4) is 0 Å². The van der Waals surface area contributed by atoms with Crippen LogP contribution in [0, 0.1) is 6.92 Å². The van der Waals surface area contributed by atoms with Gasteiger partial charge in [-0.2, -0.15) is 0 Å². The van der Waals surface area contributed by atoms with Crippen molar-refractivity contribution < 1.29 is 14.3 Å². The number of carbonyl (C=O) groups is 1. The zero-order valence-electron chi connectivity index (χ0n) is 19.8. The number of allylic oxidation sites excluding steroid dienone is 2. The molecule has 0 radical (unpaired) electrons. The van der Waals surface area contributed by atoms with Gasteiger partial charge in [-0.15, -0.1) is 0 Å². The zero-order chi connectivity index (χ0) is 23.9. The SMILES string of the molecule is CCOC(=O)c1cc(C2=C(CCc3cc(Cl)cnc3OCc3ccccc3)CCC2)ccc1C. The molecule has 0 N–H and O–H groups in total. The second-order valence-electron chi connectivity index (χ2n) is 8.58. The molecule has 1 heterocycles. The first kappa shape index (κ1) is 24.0. The standard InChI is InChI=1S/C29H30ClNO3/c1-3-33-29(32)27-17-23(13-12-20(27)2)26-11-7-10-22(26)14-15-24-16-25(30)18-31-28(24)34-19-21-8-5-4-6-9-21/h4-6,8-9,12-13,16-18H,3,7,10-11,14-15,19H2,1-2H3. The summed E-state index contributed by atoms with van der Waals surface area (Å²) in [7, 11) is 0. The quantitative estimate of drug-likeness (QED) is 0.303. The first-order chi connectivity index (χ1) is 16.5. The number of halogens is 1. The second-order valence-corrected chi connectivity index (χ2v) is 9.01. The zero-order valence-corrected chi connectivity index (χ0v) is 20.5. The van der Waals surface area contributed by atoms with Gasteiger partial charge in [0.25, 0.3) is 0 Å². The third-order valence-electron chi connectivity index (χ3n) is 6.22. The molecular formula is C29H30ClNO3. The highest BCUT2D eigenvalue weighted by atomic mass is 35.5. The van der Waals surface area contributed by atoms with E-state index in [-0.39, 0.29) is 5.97 Å². The topological polar surface area (TPSA) is 48.4 Å². The number of benzene rings is 2. The van der Waals surface area contributed by atoms with Crippen LogP contribution in [-0.4, -0.2) is 17.6 Å². The van der Waals surface area contributed by atoms with Crippen molar-refractivity contribution in [2.45, 2.75) is 52.6 Å². The fraction of sp³-hybridized carbons (Fsp3) is 0.310. The highest BCUT2D eigenvalue weighted by molar-refractivity contribution is 6.30. The Bertz CT molecular complexity index is 1190. The minimum Gasteiger partial charge on any atom is -0.473 e. The molecule has 34 heavy (non-hydrogen) atoms. The van der Waals surface area contributed by atoms with E-state index in [1.165, 1.54) is 11.1 Å². The third kappa shape index (κ3) is 5.87. The lowest BCUT2D eigenvalue weighted by molar-refractivity contribution is 0.0525. The van der Waals surface area contributed by atoms with Gasteiger partial charge in [0.2, 0.25) is 5.88 Å². The lowest BCUT2D eigenvalue weighted by Gasteiger charge is -2.13. The fourth-order valence-electron chi connectivity index (χ4n) is 4.46. The summed E-state index contributed by atoms with van der Waals surface area (Å²) in [5, 5.41) is 0.611. The first-order valence-electron chi connectivity index (χ1n) is 11.9. The minimum atomic E-state index is -0.257. The molecule has 0 amide bonds. The van der Waals surface area contributed by atoms with Gasteiger partial charge in [-0.25, -0.2) is 9.78 Å². The Morgan fingerprint density at radius 2 is 1.88 bits per heavy atom. The summed E-state index contributed by atoms with van der Waals surface area (Å²) in [6.45, 7) is 4.62. The molecule has 0 atom stereocenters. The summed E-state index contributed by atoms with van der Waals surface area (Å²) in [5.41, 5.74) is 7.58. The van der Waals surface area contributed by atoms with Gasteiger partial charge >= 0.3 is 5.97 Å². The van der Waals surface area contributed by atoms with Crippen molar-refractivity contribution in [3.8, 4) is 5.88 Å². The predicted octanol–water partition coefficient (Wildman–Crippen LogP) is 7.37. The Kier molecular flexibility index (Phi) is 8.02. The van der Waals surface area contributed by atoms with E-state index in [9.17, 15) is 4.79 Å². The Labute approximate surface area is 206 Å². The van der Waals surface area contributed by atoms with Crippen LogP contribution in [0.25, 0.3) is 5.57 Å². The molecule has 0 spiro atoms. The first-order valence-corrected chi connectivity index (χ1v) is 12.2. The number of aryl methyl sites for hydroxylation is 2. The fourth-order valence-corrected chi connectivity index (χ4v) is 4.64. The highest BCUT2D eigenvalue weighted by Gasteiger charge is 2.19. The van der Waals surface area contributed by atoms with E-state index in [1.807, 2.05) is 62.4 Å². The van der Waals surface area contributed by atoms with E-state index in [0.717, 1.165) is 54.4 Å². The van der Waals surface area contributed by atoms with Crippen LogP contribution < -0.4 is 4.74 Å². The minimum absolute atomic E-state index is 0.257. The van der Waals surface area contributed by atoms with Crippen LogP contribution in [-0.2, 0) is 17.8 Å². The molecule has 4 nitrogen and oxygen atoms in total. The largest absolute Gasteiger partial charge is 0.473 e. The molecule has 0 aliphatic heterocycles. The molecule has 5 heteroatoms. The molecular weight excluding hydrogens is 446 g/mol. The van der Waals surface area contributed by atoms with Crippen molar-refractivity contribution in [1.29, 1.82) is 0 Å². The molecule has 0 bridgehead atoms. The lowest BCUT2D eigenvalue weighted by Crippen LogP contribution is -2.07. The molecule has 176 valence electrons. The normalized spacial score (nSPS) is 13.3. The molecule has 0 unspecified atom stereocenters. The predicted molar refractivity (Wildman–Crippen MR) is 136 cm³/mol. The van der Waals surface area contributed by atoms with Gasteiger partial charge in [-0.3, -0.25) is 0 Å². The Morgan fingerprint density at radius 3 is 2.68 bits per heavy atom. The Morgan fingerprint density at radius 1 is 1.06 bits per heavy atom. The Balaban J connectivity index is 1.52. The number of pyridine rings is 1. The molecule has 0 saturated heterocycles. The number of esters is 1. The second kappa shape index (κ2) is 11.3. The van der Waals surface area contributed by atoms with Crippen LogP contribution in [0.2, 0.25) is 5.02 Å². The van der Waals surface area contributed by atoms with Crippen LogP contribution in [0.5, 0.6) is 5.88 Å². The maximum Gasteiger partial charge on any atom is 0.338 e. The van der Waals surface area contributed by atoms with Crippen molar-refractivity contribution in [2.75, 3.05) is 6.61 Å². The summed E-state index contributed by atoms with van der Waals surface area (Å²) in [4.78, 5) is 16.8. The molecule has 2 aromatic carbocycles. The smallest absolute Gasteiger partial charge is 0.338 e. The summed E-state index contributed by atoms with van der Waals surface area (Å²) in [5.74, 6) is 0.375. The maximum atomic E-state index is 12.4. The van der Waals surface area contributed by atoms with E-state index >= 15 is 0 Å². The van der Waals surface area contributed by atoms with Crippen molar-refractivity contribution in [3.63, 3.8) is 0 Å².